The number of hydrogen-bond acceptors (Lipinski definition) is 8. The molecule has 1 aromatic heterocycles. The van der Waals surface area contributed by atoms with Gasteiger partial charge in [0.05, 0.1) is 35.9 Å². The van der Waals surface area contributed by atoms with Crippen LogP contribution in [0.3, 0.4) is 0 Å². The highest BCUT2D eigenvalue weighted by atomic mass is 16.5. The molecule has 0 radical (unpaired) electrons. The maximum absolute atomic E-state index is 12.6. The summed E-state index contributed by atoms with van der Waals surface area (Å²) in [4.78, 5) is 24.8. The second-order valence-corrected chi connectivity index (χ2v) is 12.8. The van der Waals surface area contributed by atoms with E-state index in [0.29, 0.717) is 36.0 Å². The number of amidine groups is 1. The van der Waals surface area contributed by atoms with E-state index >= 15 is 0 Å². The largest absolute Gasteiger partial charge is 0.494 e. The number of anilines is 3. The number of piperidine rings is 1. The third kappa shape index (κ3) is 7.05. The van der Waals surface area contributed by atoms with Crippen LogP contribution >= 0.6 is 0 Å². The summed E-state index contributed by atoms with van der Waals surface area (Å²) in [7, 11) is 5.84. The molecule has 0 bridgehead atoms. The number of aliphatic imine (C=N–C) groups is 1. The molecule has 0 saturated carbocycles. The molecule has 246 valence electrons. The molecule has 2 atom stereocenters. The maximum atomic E-state index is 12.6. The number of aromatic nitrogens is 2. The molecule has 3 aliphatic rings. The number of amides is 1. The minimum atomic E-state index is -0.256. The van der Waals surface area contributed by atoms with Gasteiger partial charge in [0.2, 0.25) is 5.91 Å². The van der Waals surface area contributed by atoms with Crippen LogP contribution in [-0.4, -0.2) is 89.8 Å². The second-order valence-electron chi connectivity index (χ2n) is 12.8. The van der Waals surface area contributed by atoms with Crippen LogP contribution < -0.4 is 20.3 Å². The van der Waals surface area contributed by atoms with Gasteiger partial charge >= 0.3 is 0 Å². The highest BCUT2D eigenvalue weighted by molar-refractivity contribution is 6.04. The molecule has 3 aromatic rings. The third-order valence-corrected chi connectivity index (χ3v) is 9.83. The lowest BCUT2D eigenvalue weighted by atomic mass is 9.98. The number of allylic oxidation sites excluding steroid dienone is 1. The first-order valence-corrected chi connectivity index (χ1v) is 16.5. The third-order valence-electron chi connectivity index (χ3n) is 9.83. The molecular weight excluding hydrogens is 588 g/mol. The van der Waals surface area contributed by atoms with E-state index in [-0.39, 0.29) is 5.91 Å². The Hall–Kier alpha value is -4.63. The van der Waals surface area contributed by atoms with Crippen LogP contribution in [0.5, 0.6) is 5.75 Å². The number of hydrogen-bond donors (Lipinski definition) is 2. The minimum absolute atomic E-state index is 0.256. The zero-order valence-electron chi connectivity index (χ0n) is 28.2. The first kappa shape index (κ1) is 32.3. The van der Waals surface area contributed by atoms with E-state index in [1.165, 1.54) is 6.08 Å². The summed E-state index contributed by atoms with van der Waals surface area (Å²) in [6, 6.07) is 11.9. The van der Waals surface area contributed by atoms with Gasteiger partial charge < -0.3 is 20.3 Å². The average Bonchev–Trinajstić information content (AvgIpc) is 3.44. The molecule has 10 heteroatoms. The van der Waals surface area contributed by atoms with Gasteiger partial charge in [-0.05, 0) is 75.7 Å². The van der Waals surface area contributed by atoms with Gasteiger partial charge in [-0.3, -0.25) is 19.3 Å². The summed E-state index contributed by atoms with van der Waals surface area (Å²) in [6.45, 7) is 12.3. The molecule has 0 aliphatic carbocycles. The fourth-order valence-electron chi connectivity index (χ4n) is 6.91. The Kier molecular flexibility index (Phi) is 9.63. The number of rotatable bonds is 7. The van der Waals surface area contributed by atoms with Crippen molar-refractivity contribution >= 4 is 45.3 Å². The Labute approximate surface area is 277 Å². The monoisotopic (exact) mass is 634 g/mol. The smallest absolute Gasteiger partial charge is 0.247 e. The van der Waals surface area contributed by atoms with Crippen molar-refractivity contribution in [1.82, 2.24) is 19.6 Å². The maximum Gasteiger partial charge on any atom is 0.247 e. The lowest BCUT2D eigenvalue weighted by Crippen LogP contribution is -2.59. The fraction of sp³-hybridized carbons (Fsp3) is 0.405. The molecule has 3 aliphatic heterocycles. The Morgan fingerprint density at radius 3 is 2.57 bits per heavy atom. The van der Waals surface area contributed by atoms with Crippen molar-refractivity contribution in [2.24, 2.45) is 12.0 Å². The molecule has 2 aromatic carbocycles. The molecule has 47 heavy (non-hydrogen) atoms. The number of ether oxygens (including phenoxy) is 1. The Morgan fingerprint density at radius 2 is 1.85 bits per heavy atom. The normalized spacial score (nSPS) is 21.9. The van der Waals surface area contributed by atoms with Crippen molar-refractivity contribution in [1.29, 1.82) is 0 Å². The van der Waals surface area contributed by atoms with E-state index in [2.05, 4.69) is 81.8 Å². The van der Waals surface area contributed by atoms with E-state index in [9.17, 15) is 4.79 Å². The summed E-state index contributed by atoms with van der Waals surface area (Å²) in [5.74, 6) is 1.16. The van der Waals surface area contributed by atoms with Gasteiger partial charge in [0.1, 0.15) is 11.6 Å². The summed E-state index contributed by atoms with van der Waals surface area (Å²) in [5, 5.41) is 11.9. The fourth-order valence-corrected chi connectivity index (χ4v) is 6.91. The molecule has 6 rings (SSSR count). The van der Waals surface area contributed by atoms with Gasteiger partial charge in [0.25, 0.3) is 0 Å². The molecule has 2 saturated heterocycles. The second kappa shape index (κ2) is 14.0. The SMILES string of the molecule is C=CC(=O)Nc1cc(NC2=N/C=C\C(c3ccc4c(cnn4C)c3)=C=CC2)c(OC)cc1N1CCC(N2C[C@@H](C)N(C)[C@@H](C)C2)CC1. The molecule has 0 unspecified atom stereocenters. The zero-order valence-corrected chi connectivity index (χ0v) is 28.2. The summed E-state index contributed by atoms with van der Waals surface area (Å²) in [6.07, 6.45) is 11.6. The van der Waals surface area contributed by atoms with Gasteiger partial charge in [0.15, 0.2) is 0 Å². The van der Waals surface area contributed by atoms with Gasteiger partial charge in [0, 0.05) is 81.0 Å². The number of likely N-dealkylation sites (N-methyl/N-ethyl adjacent to an activating group) is 1. The lowest BCUT2D eigenvalue weighted by molar-refractivity contribution is -0.111. The molecule has 2 N–H and O–H groups in total. The minimum Gasteiger partial charge on any atom is -0.494 e. The van der Waals surface area contributed by atoms with Crippen LogP contribution in [0.4, 0.5) is 17.1 Å². The number of benzene rings is 2. The average molecular weight is 635 g/mol. The molecule has 2 fully saturated rings. The number of fused-ring (bicyclic) bond motifs is 1. The Morgan fingerprint density at radius 1 is 1.09 bits per heavy atom. The lowest BCUT2D eigenvalue weighted by Gasteiger charge is -2.48. The number of methoxy groups -OCH3 is 1. The van der Waals surface area contributed by atoms with E-state index in [0.717, 1.165) is 78.3 Å². The molecule has 1 amide bonds. The van der Waals surface area contributed by atoms with E-state index in [1.54, 1.807) is 13.3 Å². The van der Waals surface area contributed by atoms with E-state index in [1.807, 2.05) is 42.2 Å². The highest BCUT2D eigenvalue weighted by Gasteiger charge is 2.33. The van der Waals surface area contributed by atoms with Gasteiger partial charge in [-0.25, -0.2) is 4.99 Å². The van der Waals surface area contributed by atoms with Crippen molar-refractivity contribution in [3.8, 4) is 5.75 Å². The number of nitrogens with one attached hydrogen (secondary N) is 2. The summed E-state index contributed by atoms with van der Waals surface area (Å²) < 4.78 is 7.75. The van der Waals surface area contributed by atoms with E-state index in [4.69, 9.17) is 9.73 Å². The number of piperazine rings is 1. The molecule has 10 nitrogen and oxygen atoms in total. The van der Waals surface area contributed by atoms with Crippen LogP contribution in [0.25, 0.3) is 16.5 Å². The zero-order chi connectivity index (χ0) is 33.1. The number of aryl methyl sites for hydroxylation is 1. The number of carbonyl (C=O) groups excluding carboxylic acids is 1. The first-order valence-electron chi connectivity index (χ1n) is 16.5. The van der Waals surface area contributed by atoms with Crippen molar-refractivity contribution in [2.75, 3.05) is 55.9 Å². The first-order chi connectivity index (χ1) is 22.7. The standard InChI is InChI=1S/C37H46N8O2/c1-7-37(46)41-31-20-32(40-36-10-8-9-27(13-16-38-36)28-11-12-33-29(19-28)22-39-43(33)5)35(47-6)21-34(31)44-17-14-30(15-18-44)45-23-25(2)42(4)26(3)24-45/h7-8,11-13,16,19-22,25-26,30H,1,10,14-15,17-18,23-24H2,2-6H3,(H,38,40)(H,41,46)/b16-13-/t9?,25-,26+. The summed E-state index contributed by atoms with van der Waals surface area (Å²) in [5.41, 5.74) is 8.90. The molecular formula is C37H46N8O2. The summed E-state index contributed by atoms with van der Waals surface area (Å²) >= 11 is 0. The van der Waals surface area contributed by atoms with Crippen LogP contribution in [-0.2, 0) is 11.8 Å². The van der Waals surface area contributed by atoms with Gasteiger partial charge in [-0.15, -0.1) is 5.73 Å². The van der Waals surface area contributed by atoms with Crippen molar-refractivity contribution in [3.05, 3.63) is 78.8 Å². The predicted molar refractivity (Wildman–Crippen MR) is 192 cm³/mol. The van der Waals surface area contributed by atoms with Crippen LogP contribution in [0.2, 0.25) is 0 Å². The van der Waals surface area contributed by atoms with E-state index < -0.39 is 0 Å². The predicted octanol–water partition coefficient (Wildman–Crippen LogP) is 5.67. The molecule has 4 heterocycles. The van der Waals surface area contributed by atoms with Crippen LogP contribution in [0.1, 0.15) is 38.7 Å². The number of carbonyl (C=O) groups is 1. The van der Waals surface area contributed by atoms with Crippen LogP contribution in [0.15, 0.2) is 78.3 Å². The van der Waals surface area contributed by atoms with Crippen molar-refractivity contribution in [3.63, 3.8) is 0 Å². The van der Waals surface area contributed by atoms with Crippen LogP contribution in [0, 0.1) is 0 Å². The number of nitrogens with zero attached hydrogens (tertiary/aromatic N) is 6. The highest BCUT2D eigenvalue weighted by Crippen LogP contribution is 2.39. The Bertz CT molecular complexity index is 1760. The van der Waals surface area contributed by atoms with Crippen molar-refractivity contribution < 1.29 is 9.53 Å². The van der Waals surface area contributed by atoms with Gasteiger partial charge in [-0.1, -0.05) is 12.6 Å². The van der Waals surface area contributed by atoms with Crippen molar-refractivity contribution in [2.45, 2.75) is 51.2 Å². The Balaban J connectivity index is 1.19. The molecule has 0 spiro atoms. The topological polar surface area (TPSA) is 90.3 Å². The quantitative estimate of drug-likeness (QED) is 0.256. The van der Waals surface area contributed by atoms with Gasteiger partial charge in [-0.2, -0.15) is 5.10 Å².